The van der Waals surface area contributed by atoms with Crippen LogP contribution >= 0.6 is 11.8 Å². The van der Waals surface area contributed by atoms with Gasteiger partial charge in [0, 0.05) is 11.1 Å². The standard InChI is InChI=1S/C14H14O3S/c1-3-6-18-14-12(16)9-5-4-8(2)7-10(9)11(15)13(14)17-14/h4-5,7,13H,3,6H2,1-2H3. The predicted octanol–water partition coefficient (Wildman–Crippen LogP) is 2.61. The fraction of sp³-hybridized carbons (Fsp3) is 0.429. The zero-order chi connectivity index (χ0) is 12.9. The number of carbonyl (C=O) groups is 2. The molecule has 3 rings (SSSR count). The van der Waals surface area contributed by atoms with Gasteiger partial charge in [-0.15, -0.1) is 11.8 Å². The lowest BCUT2D eigenvalue weighted by Gasteiger charge is -2.18. The Morgan fingerprint density at radius 3 is 2.83 bits per heavy atom. The third-order valence-electron chi connectivity index (χ3n) is 3.34. The molecule has 0 spiro atoms. The molecule has 0 N–H and O–H groups in total. The van der Waals surface area contributed by atoms with Gasteiger partial charge >= 0.3 is 0 Å². The summed E-state index contributed by atoms with van der Waals surface area (Å²) in [4.78, 5) is 23.8. The lowest BCUT2D eigenvalue weighted by molar-refractivity contribution is 0.0911. The van der Waals surface area contributed by atoms with E-state index in [2.05, 4.69) is 0 Å². The number of ketones is 2. The SMILES string of the molecule is CCCSC12OC1C(=O)c1cc(C)ccc1C2=O. The zero-order valence-electron chi connectivity index (χ0n) is 10.4. The minimum atomic E-state index is -0.907. The number of thioether (sulfide) groups is 1. The van der Waals surface area contributed by atoms with E-state index in [1.165, 1.54) is 11.8 Å². The van der Waals surface area contributed by atoms with E-state index in [0.29, 0.717) is 11.1 Å². The topological polar surface area (TPSA) is 46.7 Å². The molecule has 1 aliphatic carbocycles. The molecule has 1 fully saturated rings. The first-order valence-electron chi connectivity index (χ1n) is 6.11. The van der Waals surface area contributed by atoms with E-state index in [-0.39, 0.29) is 11.6 Å². The number of ether oxygens (including phenoxy) is 1. The van der Waals surface area contributed by atoms with Crippen LogP contribution in [0.5, 0.6) is 0 Å². The molecule has 2 unspecified atom stereocenters. The zero-order valence-corrected chi connectivity index (χ0v) is 11.2. The monoisotopic (exact) mass is 262 g/mol. The van der Waals surface area contributed by atoms with Crippen molar-refractivity contribution in [2.75, 3.05) is 5.75 Å². The van der Waals surface area contributed by atoms with Crippen molar-refractivity contribution in [2.24, 2.45) is 0 Å². The van der Waals surface area contributed by atoms with Crippen molar-refractivity contribution in [1.29, 1.82) is 0 Å². The van der Waals surface area contributed by atoms with E-state index in [0.717, 1.165) is 17.7 Å². The molecule has 0 bridgehead atoms. The quantitative estimate of drug-likeness (QED) is 0.786. The van der Waals surface area contributed by atoms with Crippen LogP contribution in [0.1, 0.15) is 39.6 Å². The largest absolute Gasteiger partial charge is 0.337 e. The minimum Gasteiger partial charge on any atom is -0.337 e. The Morgan fingerprint density at radius 2 is 2.11 bits per heavy atom. The minimum absolute atomic E-state index is 0.0412. The predicted molar refractivity (Wildman–Crippen MR) is 70.2 cm³/mol. The first-order valence-corrected chi connectivity index (χ1v) is 7.10. The van der Waals surface area contributed by atoms with Crippen molar-refractivity contribution in [2.45, 2.75) is 31.3 Å². The van der Waals surface area contributed by atoms with Gasteiger partial charge in [0.2, 0.25) is 10.7 Å². The first kappa shape index (κ1) is 11.9. The second-order valence-corrected chi connectivity index (χ2v) is 6.06. The molecule has 1 aromatic rings. The van der Waals surface area contributed by atoms with E-state index in [1.54, 1.807) is 12.1 Å². The molecule has 0 amide bonds. The van der Waals surface area contributed by atoms with Crippen molar-refractivity contribution < 1.29 is 14.3 Å². The van der Waals surface area contributed by atoms with Gasteiger partial charge in [-0.1, -0.05) is 24.6 Å². The summed E-state index contributed by atoms with van der Waals surface area (Å²) in [6.07, 6.45) is 0.404. The number of benzene rings is 1. The highest BCUT2D eigenvalue weighted by Crippen LogP contribution is 2.53. The van der Waals surface area contributed by atoms with E-state index in [9.17, 15) is 9.59 Å². The number of rotatable bonds is 3. The number of hydrogen-bond donors (Lipinski definition) is 0. The normalized spacial score (nSPS) is 28.9. The van der Waals surface area contributed by atoms with Gasteiger partial charge in [-0.2, -0.15) is 0 Å². The average Bonchev–Trinajstić information content (AvgIpc) is 3.10. The number of epoxide rings is 1. The fourth-order valence-corrected chi connectivity index (χ4v) is 3.53. The van der Waals surface area contributed by atoms with Crippen LogP contribution in [0, 0.1) is 6.92 Å². The molecule has 0 radical (unpaired) electrons. The summed E-state index contributed by atoms with van der Waals surface area (Å²) in [6.45, 7) is 3.97. The molecule has 0 saturated carbocycles. The Morgan fingerprint density at radius 1 is 1.33 bits per heavy atom. The number of aryl methyl sites for hydroxylation is 1. The highest BCUT2D eigenvalue weighted by atomic mass is 32.2. The molecule has 1 aliphatic heterocycles. The summed E-state index contributed by atoms with van der Waals surface area (Å²) in [5.74, 6) is 0.744. The molecule has 0 aromatic heterocycles. The lowest BCUT2D eigenvalue weighted by Crippen LogP contribution is -2.34. The van der Waals surface area contributed by atoms with Crippen LogP contribution in [0.25, 0.3) is 0 Å². The van der Waals surface area contributed by atoms with Crippen molar-refractivity contribution in [3.63, 3.8) is 0 Å². The third kappa shape index (κ3) is 1.49. The summed E-state index contributed by atoms with van der Waals surface area (Å²) in [5.41, 5.74) is 2.03. The van der Waals surface area contributed by atoms with E-state index in [4.69, 9.17) is 4.74 Å². The van der Waals surface area contributed by atoms with Crippen LogP contribution < -0.4 is 0 Å². The Kier molecular flexibility index (Phi) is 2.61. The van der Waals surface area contributed by atoms with Gasteiger partial charge in [-0.05, 0) is 25.2 Å². The highest BCUT2D eigenvalue weighted by molar-refractivity contribution is 8.01. The van der Waals surface area contributed by atoms with Crippen molar-refractivity contribution in [1.82, 2.24) is 0 Å². The van der Waals surface area contributed by atoms with E-state index >= 15 is 0 Å². The third-order valence-corrected chi connectivity index (χ3v) is 4.88. The maximum Gasteiger partial charge on any atom is 0.211 e. The molecule has 1 heterocycles. The summed E-state index contributed by atoms with van der Waals surface area (Å²) in [7, 11) is 0. The second-order valence-electron chi connectivity index (χ2n) is 4.76. The summed E-state index contributed by atoms with van der Waals surface area (Å²) < 4.78 is 5.48. The van der Waals surface area contributed by atoms with Crippen LogP contribution in [0.3, 0.4) is 0 Å². The number of fused-ring (bicyclic) bond motifs is 2. The van der Waals surface area contributed by atoms with Crippen molar-refractivity contribution >= 4 is 23.3 Å². The van der Waals surface area contributed by atoms with Gasteiger partial charge in [0.15, 0.2) is 11.9 Å². The van der Waals surface area contributed by atoms with Crippen LogP contribution in [0.15, 0.2) is 18.2 Å². The summed E-state index contributed by atoms with van der Waals surface area (Å²) in [5, 5.41) is 0. The van der Waals surface area contributed by atoms with E-state index in [1.807, 2.05) is 19.9 Å². The molecular weight excluding hydrogens is 248 g/mol. The second kappa shape index (κ2) is 3.93. The van der Waals surface area contributed by atoms with Crippen LogP contribution in [0.2, 0.25) is 0 Å². The van der Waals surface area contributed by atoms with Gasteiger partial charge in [-0.25, -0.2) is 0 Å². The molecule has 2 atom stereocenters. The maximum absolute atomic E-state index is 12.4. The first-order chi connectivity index (χ1) is 8.60. The Bertz CT molecular complexity index is 552. The number of hydrogen-bond acceptors (Lipinski definition) is 4. The Balaban J connectivity index is 2.03. The van der Waals surface area contributed by atoms with Gasteiger partial charge in [-0.3, -0.25) is 9.59 Å². The summed E-state index contributed by atoms with van der Waals surface area (Å²) in [6, 6.07) is 5.40. The molecule has 1 aromatic carbocycles. The van der Waals surface area contributed by atoms with Crippen LogP contribution in [-0.2, 0) is 4.74 Å². The van der Waals surface area contributed by atoms with Crippen LogP contribution in [-0.4, -0.2) is 28.4 Å². The molecule has 94 valence electrons. The molecule has 2 aliphatic rings. The number of Topliss-reactive ketones (excluding diaryl/α,β-unsaturated/α-hetero) is 2. The van der Waals surface area contributed by atoms with Gasteiger partial charge in [0.05, 0.1) is 0 Å². The van der Waals surface area contributed by atoms with E-state index < -0.39 is 11.0 Å². The Hall–Kier alpha value is -1.13. The molecule has 4 heteroatoms. The smallest absolute Gasteiger partial charge is 0.211 e. The fourth-order valence-electron chi connectivity index (χ4n) is 2.36. The lowest BCUT2D eigenvalue weighted by atomic mass is 9.88. The van der Waals surface area contributed by atoms with Gasteiger partial charge in [0.25, 0.3) is 0 Å². The Labute approximate surface area is 110 Å². The van der Waals surface area contributed by atoms with Crippen LogP contribution in [0.4, 0.5) is 0 Å². The van der Waals surface area contributed by atoms with Crippen molar-refractivity contribution in [3.05, 3.63) is 34.9 Å². The van der Waals surface area contributed by atoms with Gasteiger partial charge in [0.1, 0.15) is 0 Å². The van der Waals surface area contributed by atoms with Gasteiger partial charge < -0.3 is 4.74 Å². The number of carbonyl (C=O) groups excluding carboxylic acids is 2. The summed E-state index contributed by atoms with van der Waals surface area (Å²) >= 11 is 1.46. The molecular formula is C14H14O3S. The molecule has 3 nitrogen and oxygen atoms in total. The average molecular weight is 262 g/mol. The highest BCUT2D eigenvalue weighted by Gasteiger charge is 2.69. The molecule has 1 saturated heterocycles. The maximum atomic E-state index is 12.4. The molecule has 18 heavy (non-hydrogen) atoms. The van der Waals surface area contributed by atoms with Crippen molar-refractivity contribution in [3.8, 4) is 0 Å².